The summed E-state index contributed by atoms with van der Waals surface area (Å²) in [6.45, 7) is 1.14. The van der Waals surface area contributed by atoms with Crippen molar-refractivity contribution < 1.29 is 38.3 Å². The number of nitro benzene ring substituents is 1. The highest BCUT2D eigenvalue weighted by atomic mass is 16.6. The standard InChI is InChI=1S/C22H24N2O9/c1-4-32-19-11-15(17(24(28)29)12-18(19)30-2)21(26)33-13-20(25)23-16(22(27)31-3)10-14-8-6-5-7-9-14/h5-9,11-12,16H,4,10,13H2,1-3H3,(H,23,25). The zero-order chi connectivity index (χ0) is 24.4. The molecular weight excluding hydrogens is 436 g/mol. The first-order valence-corrected chi connectivity index (χ1v) is 9.88. The van der Waals surface area contributed by atoms with Crippen molar-refractivity contribution in [1.82, 2.24) is 5.32 Å². The van der Waals surface area contributed by atoms with Gasteiger partial charge >= 0.3 is 11.9 Å². The third-order valence-corrected chi connectivity index (χ3v) is 4.44. The number of ether oxygens (including phenoxy) is 4. The fourth-order valence-corrected chi connectivity index (χ4v) is 2.92. The van der Waals surface area contributed by atoms with Gasteiger partial charge < -0.3 is 24.3 Å². The smallest absolute Gasteiger partial charge is 0.345 e. The van der Waals surface area contributed by atoms with E-state index in [2.05, 4.69) is 5.32 Å². The molecule has 0 heterocycles. The van der Waals surface area contributed by atoms with Crippen LogP contribution in [0.4, 0.5) is 5.69 Å². The maximum atomic E-state index is 12.5. The largest absolute Gasteiger partial charge is 0.493 e. The van der Waals surface area contributed by atoms with E-state index in [-0.39, 0.29) is 24.5 Å². The summed E-state index contributed by atoms with van der Waals surface area (Å²) in [5, 5.41) is 13.8. The number of hydrogen-bond acceptors (Lipinski definition) is 9. The maximum absolute atomic E-state index is 12.5. The van der Waals surface area contributed by atoms with Crippen LogP contribution in [-0.4, -0.2) is 56.2 Å². The van der Waals surface area contributed by atoms with Crippen LogP contribution in [0.5, 0.6) is 11.5 Å². The van der Waals surface area contributed by atoms with Gasteiger partial charge in [0.2, 0.25) is 0 Å². The molecule has 1 unspecified atom stereocenters. The number of nitrogens with one attached hydrogen (secondary N) is 1. The number of methoxy groups -OCH3 is 2. The molecule has 2 aromatic rings. The van der Waals surface area contributed by atoms with Crippen LogP contribution in [0.1, 0.15) is 22.8 Å². The van der Waals surface area contributed by atoms with Crippen molar-refractivity contribution in [3.8, 4) is 11.5 Å². The molecule has 0 aliphatic rings. The van der Waals surface area contributed by atoms with Crippen molar-refractivity contribution in [3.63, 3.8) is 0 Å². The molecule has 0 aliphatic heterocycles. The first kappa shape index (κ1) is 25.1. The summed E-state index contributed by atoms with van der Waals surface area (Å²) < 4.78 is 20.1. The molecule has 0 aliphatic carbocycles. The van der Waals surface area contributed by atoms with Crippen LogP contribution < -0.4 is 14.8 Å². The second-order valence-corrected chi connectivity index (χ2v) is 6.62. The van der Waals surface area contributed by atoms with E-state index in [1.165, 1.54) is 14.2 Å². The van der Waals surface area contributed by atoms with Crippen molar-refractivity contribution in [1.29, 1.82) is 0 Å². The summed E-state index contributed by atoms with van der Waals surface area (Å²) in [6, 6.07) is 10.1. The topological polar surface area (TPSA) is 143 Å². The fraction of sp³-hybridized carbons (Fsp3) is 0.318. The minimum atomic E-state index is -1.11. The molecule has 0 saturated heterocycles. The van der Waals surface area contributed by atoms with E-state index in [9.17, 15) is 24.5 Å². The first-order chi connectivity index (χ1) is 15.8. The average Bonchev–Trinajstić information content (AvgIpc) is 2.82. The van der Waals surface area contributed by atoms with Gasteiger partial charge in [-0.15, -0.1) is 0 Å². The van der Waals surface area contributed by atoms with Gasteiger partial charge in [0.05, 0.1) is 31.8 Å². The van der Waals surface area contributed by atoms with Crippen LogP contribution in [0.25, 0.3) is 0 Å². The average molecular weight is 460 g/mol. The summed E-state index contributed by atoms with van der Waals surface area (Å²) in [5.41, 5.74) is -0.203. The molecule has 11 nitrogen and oxygen atoms in total. The quantitative estimate of drug-likeness (QED) is 0.303. The van der Waals surface area contributed by atoms with Crippen LogP contribution in [0.3, 0.4) is 0 Å². The molecule has 0 spiro atoms. The number of carbonyl (C=O) groups excluding carboxylic acids is 3. The second-order valence-electron chi connectivity index (χ2n) is 6.62. The molecule has 33 heavy (non-hydrogen) atoms. The van der Waals surface area contributed by atoms with Crippen LogP contribution in [0.15, 0.2) is 42.5 Å². The normalized spacial score (nSPS) is 11.1. The van der Waals surface area contributed by atoms with Crippen LogP contribution >= 0.6 is 0 Å². The summed E-state index contributed by atoms with van der Waals surface area (Å²) >= 11 is 0. The third kappa shape index (κ3) is 6.92. The Kier molecular flexibility index (Phi) is 9.16. The van der Waals surface area contributed by atoms with Gasteiger partial charge in [-0.05, 0) is 12.5 Å². The highest BCUT2D eigenvalue weighted by Gasteiger charge is 2.27. The van der Waals surface area contributed by atoms with Crippen LogP contribution in [-0.2, 0) is 25.5 Å². The monoisotopic (exact) mass is 460 g/mol. The molecule has 1 atom stereocenters. The molecular formula is C22H24N2O9. The van der Waals surface area contributed by atoms with E-state index in [0.717, 1.165) is 17.7 Å². The van der Waals surface area contributed by atoms with Gasteiger partial charge in [-0.25, -0.2) is 9.59 Å². The zero-order valence-electron chi connectivity index (χ0n) is 18.4. The lowest BCUT2D eigenvalue weighted by Gasteiger charge is -2.17. The fourth-order valence-electron chi connectivity index (χ4n) is 2.92. The predicted molar refractivity (Wildman–Crippen MR) is 115 cm³/mol. The summed E-state index contributed by atoms with van der Waals surface area (Å²) in [4.78, 5) is 47.5. The van der Waals surface area contributed by atoms with Crippen LogP contribution in [0.2, 0.25) is 0 Å². The second kappa shape index (κ2) is 12.0. The molecule has 0 radical (unpaired) electrons. The molecule has 2 aromatic carbocycles. The van der Waals surface area contributed by atoms with E-state index in [1.54, 1.807) is 31.2 Å². The van der Waals surface area contributed by atoms with Gasteiger partial charge in [0, 0.05) is 12.5 Å². The van der Waals surface area contributed by atoms with Crippen LogP contribution in [0, 0.1) is 10.1 Å². The number of carbonyl (C=O) groups is 3. The molecule has 0 bridgehead atoms. The van der Waals surface area contributed by atoms with E-state index in [4.69, 9.17) is 18.9 Å². The highest BCUT2D eigenvalue weighted by molar-refractivity contribution is 5.96. The molecule has 11 heteroatoms. The molecule has 176 valence electrons. The number of nitrogens with zero attached hydrogens (tertiary/aromatic N) is 1. The number of hydrogen-bond donors (Lipinski definition) is 1. The zero-order valence-corrected chi connectivity index (χ0v) is 18.4. The first-order valence-electron chi connectivity index (χ1n) is 9.88. The minimum Gasteiger partial charge on any atom is -0.493 e. The Morgan fingerprint density at radius 2 is 1.79 bits per heavy atom. The predicted octanol–water partition coefficient (Wildman–Crippen LogP) is 2.06. The Hall–Kier alpha value is -4.15. The lowest BCUT2D eigenvalue weighted by Crippen LogP contribution is -2.44. The number of esters is 2. The maximum Gasteiger partial charge on any atom is 0.345 e. The lowest BCUT2D eigenvalue weighted by molar-refractivity contribution is -0.385. The van der Waals surface area contributed by atoms with Gasteiger partial charge in [0.1, 0.15) is 11.6 Å². The number of benzene rings is 2. The Morgan fingerprint density at radius 3 is 2.36 bits per heavy atom. The number of nitro groups is 1. The Bertz CT molecular complexity index is 1010. The Labute approximate surface area is 189 Å². The van der Waals surface area contributed by atoms with Gasteiger partial charge in [0.15, 0.2) is 18.1 Å². The molecule has 0 aromatic heterocycles. The highest BCUT2D eigenvalue weighted by Crippen LogP contribution is 2.35. The molecule has 0 fully saturated rings. The van der Waals surface area contributed by atoms with Gasteiger partial charge in [0.25, 0.3) is 11.6 Å². The van der Waals surface area contributed by atoms with Crippen molar-refractivity contribution in [2.24, 2.45) is 0 Å². The summed E-state index contributed by atoms with van der Waals surface area (Å²) in [7, 11) is 2.49. The van der Waals surface area contributed by atoms with Gasteiger partial charge in [-0.3, -0.25) is 14.9 Å². The van der Waals surface area contributed by atoms with E-state index in [1.807, 2.05) is 6.07 Å². The van der Waals surface area contributed by atoms with E-state index < -0.39 is 46.7 Å². The van der Waals surface area contributed by atoms with Crippen molar-refractivity contribution in [3.05, 3.63) is 63.7 Å². The molecule has 2 rings (SSSR count). The van der Waals surface area contributed by atoms with Crippen molar-refractivity contribution in [2.75, 3.05) is 27.4 Å². The number of amides is 1. The lowest BCUT2D eigenvalue weighted by atomic mass is 10.1. The summed E-state index contributed by atoms with van der Waals surface area (Å²) in [6.07, 6.45) is 0.162. The van der Waals surface area contributed by atoms with Gasteiger partial charge in [-0.1, -0.05) is 30.3 Å². The van der Waals surface area contributed by atoms with E-state index in [0.29, 0.717) is 0 Å². The molecule has 1 amide bonds. The Morgan fingerprint density at radius 1 is 1.09 bits per heavy atom. The summed E-state index contributed by atoms with van der Waals surface area (Å²) in [5.74, 6) is -2.39. The van der Waals surface area contributed by atoms with Crippen molar-refractivity contribution in [2.45, 2.75) is 19.4 Å². The van der Waals surface area contributed by atoms with Crippen molar-refractivity contribution >= 4 is 23.5 Å². The molecule has 0 saturated carbocycles. The molecule has 1 N–H and O–H groups in total. The van der Waals surface area contributed by atoms with E-state index >= 15 is 0 Å². The SMILES string of the molecule is CCOc1cc(C(=O)OCC(=O)NC(Cc2ccccc2)C(=O)OC)c([N+](=O)[O-])cc1OC. The third-order valence-electron chi connectivity index (χ3n) is 4.44. The number of rotatable bonds is 11. The Balaban J connectivity index is 2.12. The minimum absolute atomic E-state index is 0.0691. The van der Waals surface area contributed by atoms with Gasteiger partial charge in [-0.2, -0.15) is 0 Å².